The molecule has 0 spiro atoms. The molecule has 5 nitrogen and oxygen atoms in total. The number of hydrogen-bond donors (Lipinski definition) is 1. The zero-order chi connectivity index (χ0) is 20.4. The SMILES string of the molecule is Cc1cc(CN2CCC(CNS(=O)(=O)c3cccc4ccccc34)CC2)c(C)o1. The minimum absolute atomic E-state index is 0.360. The van der Waals surface area contributed by atoms with Gasteiger partial charge in [-0.1, -0.05) is 36.4 Å². The molecule has 154 valence electrons. The summed E-state index contributed by atoms with van der Waals surface area (Å²) >= 11 is 0. The van der Waals surface area contributed by atoms with Crippen molar-refractivity contribution in [3.05, 3.63) is 65.6 Å². The highest BCUT2D eigenvalue weighted by Crippen LogP contribution is 2.24. The molecule has 2 heterocycles. The Balaban J connectivity index is 1.34. The van der Waals surface area contributed by atoms with Crippen molar-refractivity contribution >= 4 is 20.8 Å². The van der Waals surface area contributed by atoms with E-state index in [1.807, 2.05) is 44.2 Å². The van der Waals surface area contributed by atoms with E-state index in [-0.39, 0.29) is 0 Å². The standard InChI is InChI=1S/C23H28N2O3S/c1-17-14-21(18(2)28-17)16-25-12-10-19(11-13-25)15-24-29(26,27)23-9-5-7-20-6-3-4-8-22(20)23/h3-9,14,19,24H,10-13,15-16H2,1-2H3. The Bertz CT molecular complexity index is 1090. The van der Waals surface area contributed by atoms with Crippen LogP contribution in [0, 0.1) is 19.8 Å². The highest BCUT2D eigenvalue weighted by Gasteiger charge is 2.23. The fraction of sp³-hybridized carbons (Fsp3) is 0.391. The molecule has 3 aromatic rings. The van der Waals surface area contributed by atoms with Crippen LogP contribution in [0.3, 0.4) is 0 Å². The van der Waals surface area contributed by atoms with Gasteiger partial charge in [0.05, 0.1) is 4.90 Å². The highest BCUT2D eigenvalue weighted by atomic mass is 32.2. The van der Waals surface area contributed by atoms with Gasteiger partial charge in [0.25, 0.3) is 0 Å². The largest absolute Gasteiger partial charge is 0.466 e. The van der Waals surface area contributed by atoms with Crippen LogP contribution in [-0.2, 0) is 16.6 Å². The van der Waals surface area contributed by atoms with E-state index < -0.39 is 10.0 Å². The van der Waals surface area contributed by atoms with E-state index in [9.17, 15) is 8.42 Å². The summed E-state index contributed by atoms with van der Waals surface area (Å²) in [7, 11) is -3.53. The number of furan rings is 1. The summed E-state index contributed by atoms with van der Waals surface area (Å²) in [6.45, 7) is 7.33. The lowest BCUT2D eigenvalue weighted by Gasteiger charge is -2.31. The molecule has 0 bridgehead atoms. The van der Waals surface area contributed by atoms with E-state index in [2.05, 4.69) is 15.7 Å². The van der Waals surface area contributed by atoms with Crippen molar-refractivity contribution in [2.75, 3.05) is 19.6 Å². The topological polar surface area (TPSA) is 62.6 Å². The van der Waals surface area contributed by atoms with E-state index in [1.165, 1.54) is 5.56 Å². The normalized spacial score (nSPS) is 16.5. The molecule has 1 aliphatic heterocycles. The van der Waals surface area contributed by atoms with E-state index in [1.54, 1.807) is 12.1 Å². The lowest BCUT2D eigenvalue weighted by molar-refractivity contribution is 0.178. The lowest BCUT2D eigenvalue weighted by Crippen LogP contribution is -2.38. The fourth-order valence-corrected chi connectivity index (χ4v) is 5.51. The second-order valence-corrected chi connectivity index (χ2v) is 9.72. The van der Waals surface area contributed by atoms with Gasteiger partial charge in [0, 0.05) is 24.0 Å². The van der Waals surface area contributed by atoms with Gasteiger partial charge in [-0.2, -0.15) is 0 Å². The van der Waals surface area contributed by atoms with Gasteiger partial charge in [0.15, 0.2) is 0 Å². The molecule has 1 fully saturated rings. The number of fused-ring (bicyclic) bond motifs is 1. The molecule has 1 aliphatic rings. The molecule has 0 atom stereocenters. The van der Waals surface area contributed by atoms with Crippen LogP contribution in [-0.4, -0.2) is 33.0 Å². The molecule has 0 aliphatic carbocycles. The molecule has 0 saturated carbocycles. The first-order valence-corrected chi connectivity index (χ1v) is 11.7. The number of benzene rings is 2. The molecule has 0 radical (unpaired) electrons. The second-order valence-electron chi connectivity index (χ2n) is 7.99. The zero-order valence-corrected chi connectivity index (χ0v) is 17.8. The van der Waals surface area contributed by atoms with Crippen LogP contribution in [0.1, 0.15) is 29.9 Å². The molecule has 2 aromatic carbocycles. The van der Waals surface area contributed by atoms with Gasteiger partial charge < -0.3 is 4.42 Å². The summed E-state index contributed by atoms with van der Waals surface area (Å²) < 4.78 is 34.3. The lowest BCUT2D eigenvalue weighted by atomic mass is 9.97. The third-order valence-electron chi connectivity index (χ3n) is 5.85. The molecule has 0 amide bonds. The van der Waals surface area contributed by atoms with Crippen molar-refractivity contribution in [2.45, 2.75) is 38.1 Å². The number of sulfonamides is 1. The van der Waals surface area contributed by atoms with E-state index >= 15 is 0 Å². The number of nitrogens with zero attached hydrogens (tertiary/aromatic N) is 1. The van der Waals surface area contributed by atoms with Crippen molar-refractivity contribution in [2.24, 2.45) is 5.92 Å². The minimum Gasteiger partial charge on any atom is -0.466 e. The number of nitrogens with one attached hydrogen (secondary N) is 1. The van der Waals surface area contributed by atoms with Crippen LogP contribution < -0.4 is 4.72 Å². The van der Waals surface area contributed by atoms with Crippen LogP contribution in [0.4, 0.5) is 0 Å². The maximum absolute atomic E-state index is 12.9. The third kappa shape index (κ3) is 4.55. The Morgan fingerprint density at radius 1 is 1.07 bits per heavy atom. The van der Waals surface area contributed by atoms with Gasteiger partial charge in [-0.15, -0.1) is 0 Å². The number of rotatable bonds is 6. The molecule has 4 rings (SSSR count). The smallest absolute Gasteiger partial charge is 0.241 e. The number of aryl methyl sites for hydroxylation is 2. The van der Waals surface area contributed by atoms with Gasteiger partial charge >= 0.3 is 0 Å². The monoisotopic (exact) mass is 412 g/mol. The Morgan fingerprint density at radius 2 is 1.79 bits per heavy atom. The van der Waals surface area contributed by atoms with Crippen molar-refractivity contribution in [3.8, 4) is 0 Å². The molecule has 1 aromatic heterocycles. The number of piperidine rings is 1. The molecule has 6 heteroatoms. The van der Waals surface area contributed by atoms with Crippen molar-refractivity contribution in [1.82, 2.24) is 9.62 Å². The van der Waals surface area contributed by atoms with E-state index in [0.29, 0.717) is 17.4 Å². The molecule has 29 heavy (non-hydrogen) atoms. The first-order chi connectivity index (χ1) is 13.9. The quantitative estimate of drug-likeness (QED) is 0.658. The van der Waals surface area contributed by atoms with Crippen molar-refractivity contribution in [3.63, 3.8) is 0 Å². The summed E-state index contributed by atoms with van der Waals surface area (Å²) in [6.07, 6.45) is 1.99. The molecular weight excluding hydrogens is 384 g/mol. The van der Waals surface area contributed by atoms with Gasteiger partial charge in [0.2, 0.25) is 10.0 Å². The predicted molar refractivity (Wildman–Crippen MR) is 115 cm³/mol. The van der Waals surface area contributed by atoms with Gasteiger partial charge in [0.1, 0.15) is 11.5 Å². The average Bonchev–Trinajstić information content (AvgIpc) is 3.03. The average molecular weight is 413 g/mol. The van der Waals surface area contributed by atoms with Crippen LogP contribution in [0.25, 0.3) is 10.8 Å². The summed E-state index contributed by atoms with van der Waals surface area (Å²) in [4.78, 5) is 2.78. The Hall–Kier alpha value is -2.15. The van der Waals surface area contributed by atoms with Crippen molar-refractivity contribution < 1.29 is 12.8 Å². The van der Waals surface area contributed by atoms with E-state index in [0.717, 1.165) is 54.8 Å². The number of hydrogen-bond acceptors (Lipinski definition) is 4. The first kappa shape index (κ1) is 20.1. The van der Waals surface area contributed by atoms with Crippen LogP contribution in [0.15, 0.2) is 57.8 Å². The van der Waals surface area contributed by atoms with Gasteiger partial charge in [-0.25, -0.2) is 13.1 Å². The van der Waals surface area contributed by atoms with Crippen LogP contribution in [0.2, 0.25) is 0 Å². The molecular formula is C23H28N2O3S. The summed E-state index contributed by atoms with van der Waals surface area (Å²) in [5.74, 6) is 2.31. The van der Waals surface area contributed by atoms with E-state index in [4.69, 9.17) is 4.42 Å². The van der Waals surface area contributed by atoms with Crippen LogP contribution in [0.5, 0.6) is 0 Å². The molecule has 1 saturated heterocycles. The summed E-state index contributed by atoms with van der Waals surface area (Å²) in [6, 6.07) is 15.1. The fourth-order valence-electron chi connectivity index (χ4n) is 4.17. The Morgan fingerprint density at radius 3 is 2.52 bits per heavy atom. The zero-order valence-electron chi connectivity index (χ0n) is 17.0. The Labute approximate surface area is 172 Å². The van der Waals surface area contributed by atoms with Crippen LogP contribution >= 0.6 is 0 Å². The molecule has 0 unspecified atom stereocenters. The second kappa shape index (κ2) is 8.30. The number of likely N-dealkylation sites (tertiary alicyclic amines) is 1. The maximum Gasteiger partial charge on any atom is 0.241 e. The van der Waals surface area contributed by atoms with Gasteiger partial charge in [-0.3, -0.25) is 4.90 Å². The maximum atomic E-state index is 12.9. The third-order valence-corrected chi connectivity index (χ3v) is 7.33. The Kier molecular flexibility index (Phi) is 5.76. The highest BCUT2D eigenvalue weighted by molar-refractivity contribution is 7.89. The van der Waals surface area contributed by atoms with Gasteiger partial charge in [-0.05, 0) is 63.2 Å². The predicted octanol–water partition coefficient (Wildman–Crippen LogP) is 4.24. The van der Waals surface area contributed by atoms with Crippen molar-refractivity contribution in [1.29, 1.82) is 0 Å². The molecule has 1 N–H and O–H groups in total. The summed E-state index contributed by atoms with van der Waals surface area (Å²) in [5, 5.41) is 1.71. The summed E-state index contributed by atoms with van der Waals surface area (Å²) in [5.41, 5.74) is 1.25. The minimum atomic E-state index is -3.53. The first-order valence-electron chi connectivity index (χ1n) is 10.2.